The quantitative estimate of drug-likeness (QED) is 0.708. The molecule has 10 heteroatoms. The minimum Gasteiger partial charge on any atom is -0.323 e. The number of hydrogen-bond acceptors (Lipinski definition) is 5. The van der Waals surface area contributed by atoms with Crippen molar-refractivity contribution in [1.29, 1.82) is 0 Å². The van der Waals surface area contributed by atoms with Gasteiger partial charge in [-0.15, -0.1) is 0 Å². The van der Waals surface area contributed by atoms with Crippen LogP contribution in [0.2, 0.25) is 0 Å². The molecule has 5 heterocycles. The third kappa shape index (κ3) is 3.25. The fourth-order valence-electron chi connectivity index (χ4n) is 6.36. The summed E-state index contributed by atoms with van der Waals surface area (Å²) in [7, 11) is 0. The van der Waals surface area contributed by atoms with Crippen molar-refractivity contribution in [3.63, 3.8) is 0 Å². The molecule has 0 radical (unpaired) electrons. The van der Waals surface area contributed by atoms with Crippen molar-refractivity contribution >= 4 is 6.03 Å². The molecule has 2 spiro atoms. The first-order valence-corrected chi connectivity index (χ1v) is 11.9. The maximum atomic E-state index is 13.8. The molecule has 33 heavy (non-hydrogen) atoms. The molecule has 3 aliphatic heterocycles. The van der Waals surface area contributed by atoms with Crippen LogP contribution in [0.3, 0.4) is 0 Å². The standard InChI is InChI=1S/C23H27F2N7O/c24-16-3-18(25)19(26-6-16)7-29-8-23(9-29)12-31(13-23)21(33)30-10-22(11-30)4-17(5-22)32-14-27-20(28-32)15-1-2-15/h3,6,14-15,17H,1-2,4-5,7-13H2. The van der Waals surface area contributed by atoms with Crippen LogP contribution < -0.4 is 0 Å². The highest BCUT2D eigenvalue weighted by atomic mass is 19.1. The van der Waals surface area contributed by atoms with E-state index in [4.69, 9.17) is 0 Å². The van der Waals surface area contributed by atoms with Gasteiger partial charge in [0.25, 0.3) is 0 Å². The summed E-state index contributed by atoms with van der Waals surface area (Å²) in [5, 5.41) is 4.67. The maximum Gasteiger partial charge on any atom is 0.320 e. The summed E-state index contributed by atoms with van der Waals surface area (Å²) in [6.07, 6.45) is 7.53. The Morgan fingerprint density at radius 3 is 2.36 bits per heavy atom. The van der Waals surface area contributed by atoms with Crippen LogP contribution in [-0.2, 0) is 6.54 Å². The van der Waals surface area contributed by atoms with Gasteiger partial charge in [0.2, 0.25) is 0 Å². The molecule has 2 aliphatic carbocycles. The minimum atomic E-state index is -0.657. The molecular weight excluding hydrogens is 428 g/mol. The summed E-state index contributed by atoms with van der Waals surface area (Å²) < 4.78 is 28.9. The molecule has 0 unspecified atom stereocenters. The van der Waals surface area contributed by atoms with Crippen molar-refractivity contribution < 1.29 is 13.6 Å². The SMILES string of the molecule is O=C(N1CC2(CC(n3cnc(C4CC4)n3)C2)C1)N1CC2(CN(Cc3ncc(F)cc3F)C2)C1. The molecule has 2 aromatic heterocycles. The average Bonchev–Trinajstić information content (AvgIpc) is 3.40. The number of hydrogen-bond donors (Lipinski definition) is 0. The number of likely N-dealkylation sites (tertiary alicyclic amines) is 3. The number of nitrogens with zero attached hydrogens (tertiary/aromatic N) is 7. The lowest BCUT2D eigenvalue weighted by atomic mass is 9.60. The molecule has 3 saturated heterocycles. The van der Waals surface area contributed by atoms with Gasteiger partial charge >= 0.3 is 6.03 Å². The first kappa shape index (κ1) is 19.8. The van der Waals surface area contributed by atoms with Crippen LogP contribution in [0.4, 0.5) is 13.6 Å². The maximum absolute atomic E-state index is 13.8. The lowest BCUT2D eigenvalue weighted by Gasteiger charge is -2.63. The Bertz CT molecular complexity index is 1100. The van der Waals surface area contributed by atoms with Crippen molar-refractivity contribution in [3.05, 3.63) is 41.7 Å². The van der Waals surface area contributed by atoms with Crippen LogP contribution in [0, 0.1) is 22.5 Å². The number of amides is 2. The number of carbonyl (C=O) groups is 1. The predicted octanol–water partition coefficient (Wildman–Crippen LogP) is 2.40. The van der Waals surface area contributed by atoms with Crippen LogP contribution in [0.1, 0.15) is 49.2 Å². The van der Waals surface area contributed by atoms with Gasteiger partial charge in [-0.25, -0.2) is 23.2 Å². The van der Waals surface area contributed by atoms with Crippen LogP contribution in [0.5, 0.6) is 0 Å². The number of pyridine rings is 1. The van der Waals surface area contributed by atoms with Crippen LogP contribution >= 0.6 is 0 Å². The molecule has 7 rings (SSSR count). The van der Waals surface area contributed by atoms with E-state index >= 15 is 0 Å². The van der Waals surface area contributed by atoms with Crippen molar-refractivity contribution in [1.82, 2.24) is 34.4 Å². The van der Waals surface area contributed by atoms with Gasteiger partial charge in [-0.3, -0.25) is 9.88 Å². The van der Waals surface area contributed by atoms with E-state index in [2.05, 4.69) is 20.0 Å². The predicted molar refractivity (Wildman–Crippen MR) is 113 cm³/mol. The Morgan fingerprint density at radius 1 is 1.00 bits per heavy atom. The highest BCUT2D eigenvalue weighted by Gasteiger charge is 2.58. The number of carbonyl (C=O) groups excluding carboxylic acids is 1. The molecule has 0 bridgehead atoms. The molecule has 0 atom stereocenters. The van der Waals surface area contributed by atoms with E-state index in [-0.39, 0.29) is 22.6 Å². The number of rotatable bonds is 4. The largest absolute Gasteiger partial charge is 0.323 e. The van der Waals surface area contributed by atoms with Gasteiger partial charge < -0.3 is 9.80 Å². The highest BCUT2D eigenvalue weighted by molar-refractivity contribution is 5.77. The summed E-state index contributed by atoms with van der Waals surface area (Å²) in [4.78, 5) is 27.2. The third-order valence-electron chi connectivity index (χ3n) is 8.20. The van der Waals surface area contributed by atoms with Gasteiger partial charge in [-0.1, -0.05) is 0 Å². The fraction of sp³-hybridized carbons (Fsp3) is 0.652. The normalized spacial score (nSPS) is 25.5. The van der Waals surface area contributed by atoms with E-state index in [0.29, 0.717) is 18.5 Å². The van der Waals surface area contributed by atoms with Gasteiger partial charge in [-0.05, 0) is 25.7 Å². The number of halogens is 2. The zero-order valence-corrected chi connectivity index (χ0v) is 18.5. The minimum absolute atomic E-state index is 0.128. The van der Waals surface area contributed by atoms with Gasteiger partial charge in [0.1, 0.15) is 18.0 Å². The zero-order valence-electron chi connectivity index (χ0n) is 18.5. The summed E-state index contributed by atoms with van der Waals surface area (Å²) in [5.74, 6) is 0.330. The summed E-state index contributed by atoms with van der Waals surface area (Å²) in [6, 6.07) is 1.45. The van der Waals surface area contributed by atoms with E-state index in [1.165, 1.54) is 12.8 Å². The van der Waals surface area contributed by atoms with E-state index in [1.807, 2.05) is 20.8 Å². The molecule has 5 aliphatic rings. The Hall–Kier alpha value is -2.62. The van der Waals surface area contributed by atoms with Gasteiger partial charge in [0.15, 0.2) is 5.82 Å². The monoisotopic (exact) mass is 455 g/mol. The topological polar surface area (TPSA) is 70.4 Å². The first-order chi connectivity index (χ1) is 15.9. The van der Waals surface area contributed by atoms with Crippen LogP contribution in [0.25, 0.3) is 0 Å². The molecule has 2 saturated carbocycles. The van der Waals surface area contributed by atoms with Crippen LogP contribution in [-0.4, -0.2) is 79.7 Å². The molecule has 2 aromatic rings. The lowest BCUT2D eigenvalue weighted by Crippen LogP contribution is -2.75. The van der Waals surface area contributed by atoms with Gasteiger partial charge in [0, 0.05) is 68.6 Å². The number of aromatic nitrogens is 4. The average molecular weight is 456 g/mol. The fourth-order valence-corrected chi connectivity index (χ4v) is 6.36. The van der Waals surface area contributed by atoms with Crippen molar-refractivity contribution in [2.45, 2.75) is 44.2 Å². The Labute approximate surface area is 190 Å². The second-order valence-corrected chi connectivity index (χ2v) is 11.1. The van der Waals surface area contributed by atoms with Crippen molar-refractivity contribution in [2.75, 3.05) is 39.3 Å². The molecule has 5 fully saturated rings. The van der Waals surface area contributed by atoms with E-state index in [1.54, 1.807) is 0 Å². The third-order valence-corrected chi connectivity index (χ3v) is 8.20. The summed E-state index contributed by atoms with van der Waals surface area (Å²) in [6.45, 7) is 5.23. The molecule has 174 valence electrons. The van der Waals surface area contributed by atoms with Gasteiger partial charge in [0.05, 0.1) is 17.9 Å². The van der Waals surface area contributed by atoms with Crippen molar-refractivity contribution in [2.24, 2.45) is 10.8 Å². The summed E-state index contributed by atoms with van der Waals surface area (Å²) >= 11 is 0. The van der Waals surface area contributed by atoms with Crippen molar-refractivity contribution in [3.8, 4) is 0 Å². The molecule has 8 nitrogen and oxygen atoms in total. The van der Waals surface area contributed by atoms with E-state index < -0.39 is 11.6 Å². The smallest absolute Gasteiger partial charge is 0.320 e. The Balaban J connectivity index is 0.856. The van der Waals surface area contributed by atoms with E-state index in [9.17, 15) is 13.6 Å². The zero-order chi connectivity index (χ0) is 22.4. The Kier molecular flexibility index (Phi) is 4.03. The molecular formula is C23H27F2N7O. The molecule has 0 N–H and O–H groups in total. The van der Waals surface area contributed by atoms with Crippen LogP contribution in [0.15, 0.2) is 18.6 Å². The van der Waals surface area contributed by atoms with E-state index in [0.717, 1.165) is 70.2 Å². The second-order valence-electron chi connectivity index (χ2n) is 11.1. The molecule has 0 aromatic carbocycles. The summed E-state index contributed by atoms with van der Waals surface area (Å²) in [5.41, 5.74) is 0.675. The lowest BCUT2D eigenvalue weighted by molar-refractivity contribution is -0.120. The van der Waals surface area contributed by atoms with Gasteiger partial charge in [-0.2, -0.15) is 5.10 Å². The molecule has 2 amide bonds. The first-order valence-electron chi connectivity index (χ1n) is 11.9. The highest BCUT2D eigenvalue weighted by Crippen LogP contribution is 2.54. The Morgan fingerprint density at radius 2 is 1.70 bits per heavy atom. The number of urea groups is 1. The second kappa shape index (κ2) is 6.71.